The molecule has 0 spiro atoms. The molecule has 26 heavy (non-hydrogen) atoms. The van der Waals surface area contributed by atoms with Crippen LogP contribution in [0.25, 0.3) is 0 Å². The second kappa shape index (κ2) is 10.1. The minimum Gasteiger partial charge on any atom is -0.367 e. The Morgan fingerprint density at radius 2 is 2.15 bits per heavy atom. The first kappa shape index (κ1) is 21.0. The molecule has 1 aromatic carbocycles. The minimum atomic E-state index is 0. The molecule has 0 saturated heterocycles. The number of thiazole rings is 1. The number of hydrogen-bond donors (Lipinski definition) is 2. The fourth-order valence-corrected chi connectivity index (χ4v) is 3.94. The van der Waals surface area contributed by atoms with Crippen molar-refractivity contribution >= 4 is 47.0 Å². The van der Waals surface area contributed by atoms with Crippen LogP contribution in [-0.2, 0) is 13.0 Å². The van der Waals surface area contributed by atoms with E-state index in [2.05, 4.69) is 70.5 Å². The zero-order valence-corrected chi connectivity index (χ0v) is 18.8. The number of aliphatic imine (C=N–C) groups is 1. The van der Waals surface area contributed by atoms with Crippen LogP contribution in [-0.4, -0.2) is 36.6 Å². The number of fused-ring (bicyclic) bond motifs is 1. The van der Waals surface area contributed by atoms with Crippen LogP contribution >= 0.6 is 35.3 Å². The standard InChI is InChI=1S/C19H27N5S.HI/c1-4-20-19(23-13-18-22-12-15(3)25-18)21-9-10-24-14(2)11-16-7-5-6-8-17(16)24;/h5-8,12,14H,4,9-11,13H2,1-3H3,(H2,20,21,23);1H. The lowest BCUT2D eigenvalue weighted by Gasteiger charge is -2.25. The Kier molecular flexibility index (Phi) is 8.15. The summed E-state index contributed by atoms with van der Waals surface area (Å²) in [5.41, 5.74) is 2.83. The van der Waals surface area contributed by atoms with Gasteiger partial charge in [0, 0.05) is 42.4 Å². The van der Waals surface area contributed by atoms with E-state index in [1.165, 1.54) is 16.1 Å². The quantitative estimate of drug-likeness (QED) is 0.373. The fourth-order valence-electron chi connectivity index (χ4n) is 3.23. The number of nitrogens with zero attached hydrogens (tertiary/aromatic N) is 3. The molecule has 0 aliphatic carbocycles. The van der Waals surface area contributed by atoms with Crippen LogP contribution in [0.1, 0.15) is 29.3 Å². The van der Waals surface area contributed by atoms with E-state index in [-0.39, 0.29) is 24.0 Å². The first-order chi connectivity index (χ1) is 12.2. The first-order valence-electron chi connectivity index (χ1n) is 8.95. The summed E-state index contributed by atoms with van der Waals surface area (Å²) in [5.74, 6) is 0.857. The van der Waals surface area contributed by atoms with E-state index in [1.807, 2.05) is 6.20 Å². The summed E-state index contributed by atoms with van der Waals surface area (Å²) < 4.78 is 0. The van der Waals surface area contributed by atoms with E-state index in [0.717, 1.165) is 37.0 Å². The third-order valence-electron chi connectivity index (χ3n) is 4.38. The summed E-state index contributed by atoms with van der Waals surface area (Å²) in [5, 5.41) is 7.82. The lowest BCUT2D eigenvalue weighted by atomic mass is 10.1. The summed E-state index contributed by atoms with van der Waals surface area (Å²) in [6, 6.07) is 9.27. The van der Waals surface area contributed by atoms with Gasteiger partial charge in [-0.05, 0) is 38.8 Å². The smallest absolute Gasteiger partial charge is 0.191 e. The topological polar surface area (TPSA) is 52.6 Å². The Labute approximate surface area is 177 Å². The number of guanidine groups is 1. The first-order valence-corrected chi connectivity index (χ1v) is 9.77. The second-order valence-corrected chi connectivity index (χ2v) is 7.68. The van der Waals surface area contributed by atoms with Crippen LogP contribution in [0, 0.1) is 6.92 Å². The molecular weight excluding hydrogens is 457 g/mol. The number of para-hydroxylation sites is 1. The summed E-state index contributed by atoms with van der Waals surface area (Å²) in [4.78, 5) is 12.7. The van der Waals surface area contributed by atoms with Gasteiger partial charge in [-0.15, -0.1) is 35.3 Å². The predicted octanol–water partition coefficient (Wildman–Crippen LogP) is 3.58. The van der Waals surface area contributed by atoms with E-state index in [9.17, 15) is 0 Å². The molecule has 2 N–H and O–H groups in total. The Balaban J connectivity index is 0.00000243. The van der Waals surface area contributed by atoms with E-state index >= 15 is 0 Å². The number of anilines is 1. The summed E-state index contributed by atoms with van der Waals surface area (Å²) in [7, 11) is 0. The van der Waals surface area contributed by atoms with Gasteiger partial charge >= 0.3 is 0 Å². The largest absolute Gasteiger partial charge is 0.367 e. The molecule has 2 aromatic rings. The molecular formula is C19H28IN5S. The highest BCUT2D eigenvalue weighted by molar-refractivity contribution is 14.0. The van der Waals surface area contributed by atoms with E-state index in [4.69, 9.17) is 0 Å². The highest BCUT2D eigenvalue weighted by atomic mass is 127. The molecule has 1 unspecified atom stereocenters. The lowest BCUT2D eigenvalue weighted by Crippen LogP contribution is -2.42. The number of nitrogens with one attached hydrogen (secondary N) is 2. The number of benzene rings is 1. The molecule has 5 nitrogen and oxygen atoms in total. The molecule has 7 heteroatoms. The number of aryl methyl sites for hydroxylation is 1. The van der Waals surface area contributed by atoms with Crippen molar-refractivity contribution in [3.05, 3.63) is 45.9 Å². The third kappa shape index (κ3) is 5.33. The normalized spacial score (nSPS) is 16.2. The van der Waals surface area contributed by atoms with Crippen LogP contribution in [0.5, 0.6) is 0 Å². The summed E-state index contributed by atoms with van der Waals surface area (Å²) in [6.45, 7) is 9.76. The van der Waals surface area contributed by atoms with Crippen LogP contribution < -0.4 is 15.5 Å². The molecule has 0 fully saturated rings. The number of hydrogen-bond acceptors (Lipinski definition) is 4. The Morgan fingerprint density at radius 3 is 2.88 bits per heavy atom. The van der Waals surface area contributed by atoms with Gasteiger partial charge in [0.15, 0.2) is 5.96 Å². The van der Waals surface area contributed by atoms with Gasteiger partial charge < -0.3 is 15.5 Å². The average Bonchev–Trinajstić information content (AvgIpc) is 3.16. The third-order valence-corrected chi connectivity index (χ3v) is 5.28. The minimum absolute atomic E-state index is 0. The molecule has 142 valence electrons. The van der Waals surface area contributed by atoms with Crippen LogP contribution in [0.3, 0.4) is 0 Å². The van der Waals surface area contributed by atoms with Gasteiger partial charge in [0.1, 0.15) is 5.01 Å². The van der Waals surface area contributed by atoms with Crippen LogP contribution in [0.4, 0.5) is 5.69 Å². The maximum absolute atomic E-state index is 4.65. The van der Waals surface area contributed by atoms with Crippen molar-refractivity contribution < 1.29 is 0 Å². The molecule has 1 aliphatic rings. The van der Waals surface area contributed by atoms with Gasteiger partial charge in [-0.3, -0.25) is 0 Å². The van der Waals surface area contributed by atoms with Crippen molar-refractivity contribution in [3.63, 3.8) is 0 Å². The molecule has 3 rings (SSSR count). The molecule has 0 bridgehead atoms. The zero-order valence-electron chi connectivity index (χ0n) is 15.7. The van der Waals surface area contributed by atoms with Gasteiger partial charge in [-0.2, -0.15) is 0 Å². The van der Waals surface area contributed by atoms with Crippen LogP contribution in [0.2, 0.25) is 0 Å². The van der Waals surface area contributed by atoms with Gasteiger partial charge in [-0.1, -0.05) is 18.2 Å². The molecule has 1 atom stereocenters. The zero-order chi connectivity index (χ0) is 17.6. The van der Waals surface area contributed by atoms with Crippen LogP contribution in [0.15, 0.2) is 35.5 Å². The Bertz CT molecular complexity index is 730. The predicted molar refractivity (Wildman–Crippen MR) is 122 cm³/mol. The lowest BCUT2D eigenvalue weighted by molar-refractivity contribution is 0.656. The highest BCUT2D eigenvalue weighted by Crippen LogP contribution is 2.31. The number of halogens is 1. The van der Waals surface area contributed by atoms with E-state index in [1.54, 1.807) is 11.3 Å². The number of aromatic nitrogens is 1. The van der Waals surface area contributed by atoms with E-state index in [0.29, 0.717) is 12.6 Å². The molecule has 1 aliphatic heterocycles. The molecule has 0 amide bonds. The van der Waals surface area contributed by atoms with Gasteiger partial charge in [0.05, 0.1) is 6.54 Å². The summed E-state index contributed by atoms with van der Waals surface area (Å²) >= 11 is 1.70. The Morgan fingerprint density at radius 1 is 1.35 bits per heavy atom. The van der Waals surface area contributed by atoms with Gasteiger partial charge in [0.2, 0.25) is 0 Å². The van der Waals surface area contributed by atoms with Crippen molar-refractivity contribution in [3.8, 4) is 0 Å². The van der Waals surface area contributed by atoms with Crippen molar-refractivity contribution in [2.45, 2.75) is 39.8 Å². The summed E-state index contributed by atoms with van der Waals surface area (Å²) in [6.07, 6.45) is 3.04. The average molecular weight is 485 g/mol. The SMILES string of the molecule is CCNC(=NCc1ncc(C)s1)NCCN1c2ccccc2CC1C.I. The maximum atomic E-state index is 4.65. The van der Waals surface area contributed by atoms with Crippen molar-refractivity contribution in [2.75, 3.05) is 24.5 Å². The van der Waals surface area contributed by atoms with E-state index < -0.39 is 0 Å². The monoisotopic (exact) mass is 485 g/mol. The molecule has 0 radical (unpaired) electrons. The van der Waals surface area contributed by atoms with Gasteiger partial charge in [0.25, 0.3) is 0 Å². The maximum Gasteiger partial charge on any atom is 0.191 e. The van der Waals surface area contributed by atoms with Crippen molar-refractivity contribution in [2.24, 2.45) is 4.99 Å². The second-order valence-electron chi connectivity index (χ2n) is 6.36. The number of rotatable bonds is 6. The molecule has 0 saturated carbocycles. The van der Waals surface area contributed by atoms with Gasteiger partial charge in [-0.25, -0.2) is 9.98 Å². The fraction of sp³-hybridized carbons (Fsp3) is 0.474. The molecule has 1 aromatic heterocycles. The highest BCUT2D eigenvalue weighted by Gasteiger charge is 2.24. The van der Waals surface area contributed by atoms with Crippen molar-refractivity contribution in [1.29, 1.82) is 0 Å². The molecule has 2 heterocycles. The van der Waals surface area contributed by atoms with Crippen molar-refractivity contribution in [1.82, 2.24) is 15.6 Å². The Hall–Kier alpha value is -1.35.